The molecular weight excluding hydrogens is 312 g/mol. The zero-order chi connectivity index (χ0) is 17.0. The molecule has 0 spiro atoms. The third kappa shape index (κ3) is 4.29. The van der Waals surface area contributed by atoms with Gasteiger partial charge in [-0.3, -0.25) is 4.79 Å². The maximum atomic E-state index is 12.5. The molecule has 2 N–H and O–H groups in total. The van der Waals surface area contributed by atoms with Crippen LogP contribution in [-0.2, 0) is 0 Å². The Bertz CT molecular complexity index is 735. The second-order valence-electron chi connectivity index (χ2n) is 5.25. The van der Waals surface area contributed by atoms with E-state index in [0.29, 0.717) is 28.9 Å². The van der Waals surface area contributed by atoms with Crippen LogP contribution in [0.2, 0.25) is 5.02 Å². The molecule has 0 atom stereocenters. The smallest absolute Gasteiger partial charge is 0.274 e. The van der Waals surface area contributed by atoms with Crippen molar-refractivity contribution in [2.75, 3.05) is 17.2 Å². The van der Waals surface area contributed by atoms with Gasteiger partial charge in [0, 0.05) is 12.6 Å². The summed E-state index contributed by atoms with van der Waals surface area (Å²) in [7, 11) is 0. The predicted molar refractivity (Wildman–Crippen MR) is 94.3 cm³/mol. The van der Waals surface area contributed by atoms with Gasteiger partial charge in [0.25, 0.3) is 5.91 Å². The summed E-state index contributed by atoms with van der Waals surface area (Å²) in [5, 5.41) is 6.38. The van der Waals surface area contributed by atoms with Crippen molar-refractivity contribution in [3.05, 3.63) is 58.5 Å². The van der Waals surface area contributed by atoms with Gasteiger partial charge in [-0.15, -0.1) is 6.58 Å². The predicted octanol–water partition coefficient (Wildman–Crippen LogP) is 3.91. The minimum atomic E-state index is -0.328. The zero-order valence-electron chi connectivity index (χ0n) is 13.4. The quantitative estimate of drug-likeness (QED) is 0.816. The number of amides is 1. The van der Waals surface area contributed by atoms with Gasteiger partial charge in [0.2, 0.25) is 0 Å². The number of rotatable bonds is 5. The number of halogens is 1. The van der Waals surface area contributed by atoms with E-state index < -0.39 is 0 Å². The maximum absolute atomic E-state index is 12.5. The summed E-state index contributed by atoms with van der Waals surface area (Å²) in [6.45, 7) is 9.78. The van der Waals surface area contributed by atoms with Crippen LogP contribution in [0, 0.1) is 20.8 Å². The molecule has 2 aromatic rings. The fourth-order valence-corrected chi connectivity index (χ4v) is 2.57. The van der Waals surface area contributed by atoms with Crippen LogP contribution < -0.4 is 10.6 Å². The number of carbonyl (C=O) groups is 1. The van der Waals surface area contributed by atoms with E-state index in [1.807, 2.05) is 26.0 Å². The fourth-order valence-electron chi connectivity index (χ4n) is 2.20. The Morgan fingerprint density at radius 1 is 1.26 bits per heavy atom. The molecule has 6 heteroatoms. The third-order valence-corrected chi connectivity index (χ3v) is 3.47. The number of carbonyl (C=O) groups excluding carboxylic acids is 1. The van der Waals surface area contributed by atoms with Gasteiger partial charge >= 0.3 is 0 Å². The number of anilines is 2. The van der Waals surface area contributed by atoms with Crippen molar-refractivity contribution < 1.29 is 4.79 Å². The highest BCUT2D eigenvalue weighted by Crippen LogP contribution is 2.27. The first-order valence-electron chi connectivity index (χ1n) is 7.19. The van der Waals surface area contributed by atoms with Crippen molar-refractivity contribution >= 4 is 29.0 Å². The molecule has 0 aliphatic heterocycles. The average molecular weight is 331 g/mol. The minimum absolute atomic E-state index is 0.278. The monoisotopic (exact) mass is 330 g/mol. The molecule has 1 amide bonds. The molecule has 0 saturated carbocycles. The molecule has 5 nitrogen and oxygen atoms in total. The molecule has 1 heterocycles. The molecule has 1 aromatic carbocycles. The maximum Gasteiger partial charge on any atom is 0.274 e. The highest BCUT2D eigenvalue weighted by Gasteiger charge is 2.14. The van der Waals surface area contributed by atoms with Crippen LogP contribution in [0.1, 0.15) is 27.4 Å². The van der Waals surface area contributed by atoms with Gasteiger partial charge < -0.3 is 10.6 Å². The molecule has 120 valence electrons. The lowest BCUT2D eigenvalue weighted by atomic mass is 10.1. The van der Waals surface area contributed by atoms with E-state index in [2.05, 4.69) is 27.2 Å². The second kappa shape index (κ2) is 7.24. The summed E-state index contributed by atoms with van der Waals surface area (Å²) in [4.78, 5) is 20.9. The fraction of sp³-hybridized carbons (Fsp3) is 0.235. The number of hydrogen-bond acceptors (Lipinski definition) is 4. The normalized spacial score (nSPS) is 10.3. The summed E-state index contributed by atoms with van der Waals surface area (Å²) < 4.78 is 0. The van der Waals surface area contributed by atoms with Gasteiger partial charge in [0.1, 0.15) is 17.3 Å². The van der Waals surface area contributed by atoms with Crippen LogP contribution in [0.15, 0.2) is 30.9 Å². The first-order chi connectivity index (χ1) is 10.9. The number of aromatic nitrogens is 2. The van der Waals surface area contributed by atoms with Crippen LogP contribution >= 0.6 is 11.6 Å². The van der Waals surface area contributed by atoms with Gasteiger partial charge in [-0.1, -0.05) is 23.7 Å². The summed E-state index contributed by atoms with van der Waals surface area (Å²) in [5.41, 5.74) is 2.82. The van der Waals surface area contributed by atoms with Gasteiger partial charge in [-0.25, -0.2) is 9.97 Å². The first-order valence-corrected chi connectivity index (χ1v) is 7.57. The Balaban J connectivity index is 2.27. The van der Waals surface area contributed by atoms with Crippen LogP contribution in [-0.4, -0.2) is 22.4 Å². The van der Waals surface area contributed by atoms with E-state index in [0.717, 1.165) is 11.1 Å². The Morgan fingerprint density at radius 2 is 2.00 bits per heavy atom. The zero-order valence-corrected chi connectivity index (χ0v) is 14.2. The van der Waals surface area contributed by atoms with E-state index in [4.69, 9.17) is 11.6 Å². The first kappa shape index (κ1) is 17.0. The highest BCUT2D eigenvalue weighted by atomic mass is 35.5. The molecule has 2 rings (SSSR count). The van der Waals surface area contributed by atoms with E-state index in [1.165, 1.54) is 0 Å². The standard InChI is InChI=1S/C17H19ClN4O/c1-5-6-19-15-9-14(20-12(4)21-15)17(23)22-16-11(3)7-10(2)8-13(16)18/h5,7-9H,1,6H2,2-4H3,(H,22,23)(H,19,20,21). The van der Waals surface area contributed by atoms with E-state index in [1.54, 1.807) is 19.1 Å². The number of hydrogen-bond donors (Lipinski definition) is 2. The van der Waals surface area contributed by atoms with Gasteiger partial charge in [0.15, 0.2) is 0 Å². The summed E-state index contributed by atoms with van der Waals surface area (Å²) in [6.07, 6.45) is 1.71. The molecule has 23 heavy (non-hydrogen) atoms. The van der Waals surface area contributed by atoms with Crippen molar-refractivity contribution in [1.29, 1.82) is 0 Å². The molecular formula is C17H19ClN4O. The Morgan fingerprint density at radius 3 is 2.65 bits per heavy atom. The molecule has 0 saturated heterocycles. The Kier molecular flexibility index (Phi) is 5.34. The van der Waals surface area contributed by atoms with Crippen LogP contribution in [0.3, 0.4) is 0 Å². The largest absolute Gasteiger partial charge is 0.366 e. The SMILES string of the molecule is C=CCNc1cc(C(=O)Nc2c(C)cc(C)cc2Cl)nc(C)n1. The highest BCUT2D eigenvalue weighted by molar-refractivity contribution is 6.34. The van der Waals surface area contributed by atoms with Crippen LogP contribution in [0.4, 0.5) is 11.5 Å². The third-order valence-electron chi connectivity index (χ3n) is 3.17. The molecule has 0 aliphatic rings. The van der Waals surface area contributed by atoms with Crippen LogP contribution in [0.25, 0.3) is 0 Å². The number of nitrogens with zero attached hydrogens (tertiary/aromatic N) is 2. The van der Waals surface area contributed by atoms with Crippen molar-refractivity contribution in [2.45, 2.75) is 20.8 Å². The molecule has 0 radical (unpaired) electrons. The number of benzene rings is 1. The van der Waals surface area contributed by atoms with E-state index >= 15 is 0 Å². The van der Waals surface area contributed by atoms with E-state index in [-0.39, 0.29) is 11.6 Å². The molecule has 0 aliphatic carbocycles. The van der Waals surface area contributed by atoms with Gasteiger partial charge in [-0.2, -0.15) is 0 Å². The van der Waals surface area contributed by atoms with Crippen molar-refractivity contribution in [2.24, 2.45) is 0 Å². The lowest BCUT2D eigenvalue weighted by Gasteiger charge is -2.12. The minimum Gasteiger partial charge on any atom is -0.366 e. The second-order valence-corrected chi connectivity index (χ2v) is 5.66. The lowest BCUT2D eigenvalue weighted by molar-refractivity contribution is 0.102. The Hall–Kier alpha value is -2.40. The van der Waals surface area contributed by atoms with Crippen molar-refractivity contribution in [3.8, 4) is 0 Å². The average Bonchev–Trinajstić information content (AvgIpc) is 2.48. The Labute approximate surface area is 140 Å². The molecule has 0 unspecified atom stereocenters. The summed E-state index contributed by atoms with van der Waals surface area (Å²) in [6, 6.07) is 5.37. The van der Waals surface area contributed by atoms with Crippen molar-refractivity contribution in [1.82, 2.24) is 9.97 Å². The topological polar surface area (TPSA) is 66.9 Å². The van der Waals surface area contributed by atoms with Gasteiger partial charge in [0.05, 0.1) is 10.7 Å². The molecule has 0 bridgehead atoms. The summed E-state index contributed by atoms with van der Waals surface area (Å²) in [5.74, 6) is 0.760. The number of nitrogens with one attached hydrogen (secondary N) is 2. The van der Waals surface area contributed by atoms with E-state index in [9.17, 15) is 4.79 Å². The molecule has 1 aromatic heterocycles. The van der Waals surface area contributed by atoms with Crippen molar-refractivity contribution in [3.63, 3.8) is 0 Å². The number of aryl methyl sites for hydroxylation is 3. The van der Waals surface area contributed by atoms with Gasteiger partial charge in [-0.05, 0) is 38.0 Å². The lowest BCUT2D eigenvalue weighted by Crippen LogP contribution is -2.17. The summed E-state index contributed by atoms with van der Waals surface area (Å²) >= 11 is 6.23. The van der Waals surface area contributed by atoms with Crippen LogP contribution in [0.5, 0.6) is 0 Å². The molecule has 0 fully saturated rings.